The molecule has 1 saturated heterocycles. The fourth-order valence-electron chi connectivity index (χ4n) is 4.57. The molecular formula is C29H25BrF4N4O2. The zero-order valence-electron chi connectivity index (χ0n) is 21.3. The smallest absolute Gasteiger partial charge is 0.401 e. The quantitative estimate of drug-likeness (QED) is 0.266. The number of nitrogens with one attached hydrogen (secondary N) is 1. The van der Waals surface area contributed by atoms with Crippen molar-refractivity contribution >= 4 is 39.3 Å². The van der Waals surface area contributed by atoms with Crippen molar-refractivity contribution in [3.63, 3.8) is 0 Å². The maximum Gasteiger partial charge on any atom is 0.416 e. The van der Waals surface area contributed by atoms with Gasteiger partial charge in [0.25, 0.3) is 11.8 Å². The van der Waals surface area contributed by atoms with Crippen molar-refractivity contribution in [2.45, 2.75) is 25.1 Å². The molecule has 2 unspecified atom stereocenters. The molecule has 3 aromatic carbocycles. The molecule has 0 saturated carbocycles. The topological polar surface area (TPSA) is 87.8 Å². The molecule has 2 amide bonds. The van der Waals surface area contributed by atoms with Crippen LogP contribution in [0, 0.1) is 5.82 Å². The van der Waals surface area contributed by atoms with Gasteiger partial charge in [-0.05, 0) is 55.0 Å². The summed E-state index contributed by atoms with van der Waals surface area (Å²) in [5, 5.41) is 2.82. The first-order chi connectivity index (χ1) is 19.0. The molecule has 0 bridgehead atoms. The Bertz CT molecular complexity index is 1460. The second-order valence-electron chi connectivity index (χ2n) is 8.98. The van der Waals surface area contributed by atoms with E-state index in [9.17, 15) is 27.2 Å². The van der Waals surface area contributed by atoms with Crippen LogP contribution in [0.25, 0.3) is 0 Å². The van der Waals surface area contributed by atoms with Gasteiger partial charge in [-0.1, -0.05) is 52.3 Å². The van der Waals surface area contributed by atoms with Gasteiger partial charge in [-0.15, -0.1) is 0 Å². The number of allylic oxidation sites excluding steroid dienone is 1. The molecule has 3 aromatic rings. The molecule has 6 nitrogen and oxygen atoms in total. The van der Waals surface area contributed by atoms with Crippen molar-refractivity contribution in [3.05, 3.63) is 113 Å². The summed E-state index contributed by atoms with van der Waals surface area (Å²) in [7, 11) is 0. The molecule has 1 aliphatic heterocycles. The Morgan fingerprint density at radius 2 is 1.73 bits per heavy atom. The van der Waals surface area contributed by atoms with Crippen LogP contribution < -0.4 is 11.1 Å². The fraction of sp³-hybridized carbons (Fsp3) is 0.207. The number of amidine groups is 1. The Kier molecular flexibility index (Phi) is 8.73. The molecule has 4 rings (SSSR count). The Morgan fingerprint density at radius 1 is 1.05 bits per heavy atom. The van der Waals surface area contributed by atoms with E-state index in [0.717, 1.165) is 18.2 Å². The summed E-state index contributed by atoms with van der Waals surface area (Å²) in [6.45, 7) is 1.89. The summed E-state index contributed by atoms with van der Waals surface area (Å²) in [5.41, 5.74) is 6.96. The summed E-state index contributed by atoms with van der Waals surface area (Å²) in [6.07, 6.45) is -4.66. The minimum Gasteiger partial charge on any atom is -0.401 e. The van der Waals surface area contributed by atoms with E-state index in [4.69, 9.17) is 10.7 Å². The van der Waals surface area contributed by atoms with Gasteiger partial charge in [0.2, 0.25) is 0 Å². The molecule has 2 atom stereocenters. The Balaban J connectivity index is 1.88. The number of aliphatic imine (C=N–C) groups is 1. The lowest BCUT2D eigenvalue weighted by molar-refractivity contribution is -0.137. The number of alkyl halides is 4. The number of carbonyl (C=O) groups is 2. The minimum atomic E-state index is -4.66. The molecule has 1 aliphatic rings. The number of hydrogen-bond acceptors (Lipinski definition) is 4. The number of likely N-dealkylation sites (tertiary alicyclic amines) is 1. The highest BCUT2D eigenvalue weighted by Gasteiger charge is 2.46. The molecule has 11 heteroatoms. The molecular weight excluding hydrogens is 592 g/mol. The van der Waals surface area contributed by atoms with Crippen LogP contribution in [0.5, 0.6) is 0 Å². The number of rotatable bonds is 6. The van der Waals surface area contributed by atoms with Crippen LogP contribution in [-0.2, 0) is 11.0 Å². The summed E-state index contributed by atoms with van der Waals surface area (Å²) < 4.78 is 53.8. The lowest BCUT2D eigenvalue weighted by Crippen LogP contribution is -2.59. The lowest BCUT2D eigenvalue weighted by Gasteiger charge is -2.41. The van der Waals surface area contributed by atoms with E-state index in [1.807, 2.05) is 6.07 Å². The second kappa shape index (κ2) is 12.0. The average Bonchev–Trinajstić information content (AvgIpc) is 2.94. The van der Waals surface area contributed by atoms with Gasteiger partial charge in [0.1, 0.15) is 17.7 Å². The van der Waals surface area contributed by atoms with Crippen molar-refractivity contribution in [1.29, 1.82) is 0 Å². The number of halogens is 5. The van der Waals surface area contributed by atoms with Gasteiger partial charge in [-0.2, -0.15) is 13.2 Å². The van der Waals surface area contributed by atoms with Gasteiger partial charge >= 0.3 is 6.18 Å². The Hall–Kier alpha value is -3.99. The van der Waals surface area contributed by atoms with Gasteiger partial charge in [0.15, 0.2) is 0 Å². The van der Waals surface area contributed by atoms with Gasteiger partial charge < -0.3 is 11.1 Å². The van der Waals surface area contributed by atoms with Crippen LogP contribution in [-0.4, -0.2) is 40.5 Å². The summed E-state index contributed by atoms with van der Waals surface area (Å²) in [6, 6.07) is 16.9. The lowest BCUT2D eigenvalue weighted by atomic mass is 9.79. The highest BCUT2D eigenvalue weighted by molar-refractivity contribution is 9.09. The van der Waals surface area contributed by atoms with Crippen molar-refractivity contribution < 1.29 is 27.2 Å². The number of hydrogen-bond donors (Lipinski definition) is 2. The second-order valence-corrected chi connectivity index (χ2v) is 9.55. The van der Waals surface area contributed by atoms with Crippen molar-refractivity contribution in [2.24, 2.45) is 10.7 Å². The molecule has 0 aromatic heterocycles. The SMILES string of the molecule is CCN1C(=O)C(NC(=O)c2cccc(C(F)(F)F)c2)C(c2ccc(F)cc2)/C(=C(/N)CBr)C1=Nc1ccccc1. The van der Waals surface area contributed by atoms with Crippen LogP contribution in [0.4, 0.5) is 23.2 Å². The van der Waals surface area contributed by atoms with E-state index >= 15 is 0 Å². The molecule has 0 radical (unpaired) electrons. The zero-order chi connectivity index (χ0) is 29.0. The maximum atomic E-state index is 14.0. The first kappa shape index (κ1) is 29.0. The maximum absolute atomic E-state index is 14.0. The van der Waals surface area contributed by atoms with Crippen LogP contribution >= 0.6 is 15.9 Å². The molecule has 1 heterocycles. The van der Waals surface area contributed by atoms with Crippen molar-refractivity contribution in [3.8, 4) is 0 Å². The monoisotopic (exact) mass is 616 g/mol. The predicted octanol–water partition coefficient (Wildman–Crippen LogP) is 5.93. The van der Waals surface area contributed by atoms with Crippen molar-refractivity contribution in [1.82, 2.24) is 10.2 Å². The first-order valence-corrected chi connectivity index (χ1v) is 13.4. The third-order valence-corrected chi connectivity index (χ3v) is 7.04. The van der Waals surface area contributed by atoms with E-state index in [1.54, 1.807) is 31.2 Å². The van der Waals surface area contributed by atoms with Crippen LogP contribution in [0.2, 0.25) is 0 Å². The van der Waals surface area contributed by atoms with Crippen molar-refractivity contribution in [2.75, 3.05) is 11.9 Å². The molecule has 0 spiro atoms. The molecule has 0 aliphatic carbocycles. The van der Waals surface area contributed by atoms with Gasteiger partial charge in [-0.3, -0.25) is 14.5 Å². The van der Waals surface area contributed by atoms with E-state index in [1.165, 1.54) is 35.2 Å². The molecule has 1 fully saturated rings. The largest absolute Gasteiger partial charge is 0.416 e. The summed E-state index contributed by atoms with van der Waals surface area (Å²) >= 11 is 3.37. The fourth-order valence-corrected chi connectivity index (χ4v) is 4.87. The predicted molar refractivity (Wildman–Crippen MR) is 148 cm³/mol. The van der Waals surface area contributed by atoms with E-state index in [0.29, 0.717) is 22.5 Å². The van der Waals surface area contributed by atoms with E-state index < -0.39 is 41.3 Å². The number of benzene rings is 3. The molecule has 208 valence electrons. The van der Waals surface area contributed by atoms with Gasteiger partial charge in [0.05, 0.1) is 11.3 Å². The number of carbonyl (C=O) groups excluding carboxylic acids is 2. The number of nitrogens with two attached hydrogens (primary N) is 1. The highest BCUT2D eigenvalue weighted by atomic mass is 79.9. The minimum absolute atomic E-state index is 0.162. The van der Waals surface area contributed by atoms with E-state index in [2.05, 4.69) is 21.2 Å². The van der Waals surface area contributed by atoms with Gasteiger partial charge in [-0.25, -0.2) is 9.38 Å². The average molecular weight is 617 g/mol. The Morgan fingerprint density at radius 3 is 2.33 bits per heavy atom. The molecule has 3 N–H and O–H groups in total. The number of para-hydroxylation sites is 1. The number of amides is 2. The van der Waals surface area contributed by atoms with Gasteiger partial charge in [0, 0.05) is 34.6 Å². The normalized spacial score (nSPS) is 20.0. The first-order valence-electron chi connectivity index (χ1n) is 12.3. The van der Waals surface area contributed by atoms with Crippen LogP contribution in [0.15, 0.2) is 95.1 Å². The molecule has 40 heavy (non-hydrogen) atoms. The zero-order valence-corrected chi connectivity index (χ0v) is 22.8. The van der Waals surface area contributed by atoms with E-state index in [-0.39, 0.29) is 23.3 Å². The summed E-state index contributed by atoms with van der Waals surface area (Å²) in [4.78, 5) is 33.3. The highest BCUT2D eigenvalue weighted by Crippen LogP contribution is 2.38. The summed E-state index contributed by atoms with van der Waals surface area (Å²) in [5.74, 6) is -2.60. The number of piperidine rings is 1. The third-order valence-electron chi connectivity index (χ3n) is 6.44. The van der Waals surface area contributed by atoms with Crippen LogP contribution in [0.3, 0.4) is 0 Å². The third kappa shape index (κ3) is 6.09. The Labute approximate surface area is 236 Å². The number of likely N-dealkylation sites (N-methyl/N-ethyl adjacent to an activating group) is 1. The standard InChI is InChI=1S/C29H25BrF4N4O2/c1-2-38-26(36-21-9-4-3-5-10-21)24(22(35)16-30)23(17-11-13-20(31)14-12-17)25(28(38)40)37-27(39)18-7-6-8-19(15-18)29(32,33)34/h3-15,23,25H,2,16,35H2,1H3,(H,37,39)/b24-22-,36-26?. The van der Waals surface area contributed by atoms with Crippen LogP contribution in [0.1, 0.15) is 34.3 Å². The number of nitrogens with zero attached hydrogens (tertiary/aromatic N) is 2.